The summed E-state index contributed by atoms with van der Waals surface area (Å²) in [6, 6.07) is 4.36. The average Bonchev–Trinajstić information content (AvgIpc) is 2.36. The zero-order valence-corrected chi connectivity index (χ0v) is 9.58. The van der Waals surface area contributed by atoms with Crippen molar-refractivity contribution in [3.63, 3.8) is 0 Å². The van der Waals surface area contributed by atoms with Gasteiger partial charge >= 0.3 is 0 Å². The number of benzene rings is 1. The molecule has 0 aliphatic rings. The molecule has 0 saturated carbocycles. The van der Waals surface area contributed by atoms with Gasteiger partial charge in [-0.05, 0) is 23.7 Å². The van der Waals surface area contributed by atoms with E-state index in [1.54, 1.807) is 0 Å². The second-order valence-corrected chi connectivity index (χ2v) is 3.22. The topological polar surface area (TPSA) is 130 Å². The fourth-order valence-electron chi connectivity index (χ4n) is 1.24. The lowest BCUT2D eigenvalue weighted by atomic mass is 10.1. The van der Waals surface area contributed by atoms with E-state index >= 15 is 0 Å². The molecule has 0 saturated heterocycles. The molecule has 2 amide bonds. The second kappa shape index (κ2) is 6.12. The van der Waals surface area contributed by atoms with Crippen LogP contribution in [0.5, 0.6) is 5.75 Å². The molecule has 3 N–H and O–H groups in total. The summed E-state index contributed by atoms with van der Waals surface area (Å²) in [6.45, 7) is -0.347. The van der Waals surface area contributed by atoms with Gasteiger partial charge in [0, 0.05) is 10.5 Å². The number of azide groups is 1. The Morgan fingerprint density at radius 3 is 2.83 bits per heavy atom. The van der Waals surface area contributed by atoms with Gasteiger partial charge in [0.05, 0.1) is 12.8 Å². The van der Waals surface area contributed by atoms with Crippen LogP contribution in [0.4, 0.5) is 5.69 Å². The molecule has 18 heavy (non-hydrogen) atoms. The Labute approximate surface area is 102 Å². The van der Waals surface area contributed by atoms with E-state index in [2.05, 4.69) is 15.3 Å². The lowest BCUT2D eigenvalue weighted by Gasteiger charge is -2.10. The highest BCUT2D eigenvalue weighted by Gasteiger charge is 2.10. The molecular formula is C10H11N5O3. The van der Waals surface area contributed by atoms with Crippen molar-refractivity contribution in [1.29, 1.82) is 0 Å². The minimum atomic E-state index is -0.622. The maximum Gasteiger partial charge on any atom is 0.248 e. The number of rotatable bonds is 5. The number of anilines is 1. The van der Waals surface area contributed by atoms with Gasteiger partial charge in [0.1, 0.15) is 12.3 Å². The molecule has 94 valence electrons. The Hall–Kier alpha value is -2.73. The second-order valence-electron chi connectivity index (χ2n) is 3.22. The summed E-state index contributed by atoms with van der Waals surface area (Å²) in [6.07, 6.45) is 0. The predicted octanol–water partition coefficient (Wildman–Crippen LogP) is 1.04. The van der Waals surface area contributed by atoms with Crippen LogP contribution in [0.15, 0.2) is 23.3 Å². The predicted molar refractivity (Wildman–Crippen MR) is 64.2 cm³/mol. The van der Waals surface area contributed by atoms with Gasteiger partial charge in [0.15, 0.2) is 0 Å². The van der Waals surface area contributed by atoms with Crippen LogP contribution in [0, 0.1) is 0 Å². The molecule has 0 spiro atoms. The molecule has 1 aromatic rings. The third-order valence-corrected chi connectivity index (χ3v) is 2.04. The zero-order chi connectivity index (χ0) is 13.5. The Morgan fingerprint density at radius 2 is 2.28 bits per heavy atom. The van der Waals surface area contributed by atoms with Crippen molar-refractivity contribution in [2.75, 3.05) is 19.0 Å². The van der Waals surface area contributed by atoms with Crippen molar-refractivity contribution >= 4 is 17.5 Å². The van der Waals surface area contributed by atoms with Crippen LogP contribution in [-0.4, -0.2) is 25.5 Å². The van der Waals surface area contributed by atoms with Gasteiger partial charge in [-0.2, -0.15) is 0 Å². The van der Waals surface area contributed by atoms with E-state index in [-0.39, 0.29) is 17.8 Å². The molecule has 8 heteroatoms. The van der Waals surface area contributed by atoms with E-state index in [0.29, 0.717) is 5.75 Å². The molecule has 0 aromatic heterocycles. The van der Waals surface area contributed by atoms with Gasteiger partial charge in [-0.1, -0.05) is 5.11 Å². The molecule has 0 heterocycles. The van der Waals surface area contributed by atoms with Crippen LogP contribution < -0.4 is 15.8 Å². The lowest BCUT2D eigenvalue weighted by molar-refractivity contribution is -0.114. The molecule has 0 unspecified atom stereocenters. The number of hydrogen-bond acceptors (Lipinski definition) is 4. The van der Waals surface area contributed by atoms with Gasteiger partial charge in [0.25, 0.3) is 0 Å². The van der Waals surface area contributed by atoms with Gasteiger partial charge in [-0.25, -0.2) is 0 Å². The minimum Gasteiger partial charge on any atom is -0.495 e. The molecule has 0 radical (unpaired) electrons. The van der Waals surface area contributed by atoms with Crippen LogP contribution in [-0.2, 0) is 4.79 Å². The summed E-state index contributed by atoms with van der Waals surface area (Å²) in [5, 5.41) is 5.57. The number of primary amides is 1. The van der Waals surface area contributed by atoms with Gasteiger partial charge in [-0.15, -0.1) is 0 Å². The lowest BCUT2D eigenvalue weighted by Crippen LogP contribution is -2.16. The van der Waals surface area contributed by atoms with E-state index < -0.39 is 11.8 Å². The van der Waals surface area contributed by atoms with Crippen molar-refractivity contribution in [2.45, 2.75) is 0 Å². The summed E-state index contributed by atoms with van der Waals surface area (Å²) in [7, 11) is 1.42. The summed E-state index contributed by atoms with van der Waals surface area (Å²) >= 11 is 0. The minimum absolute atomic E-state index is 0.231. The van der Waals surface area contributed by atoms with Crippen LogP contribution in [0.2, 0.25) is 0 Å². The third-order valence-electron chi connectivity index (χ3n) is 2.04. The zero-order valence-electron chi connectivity index (χ0n) is 9.58. The van der Waals surface area contributed by atoms with E-state index in [0.717, 1.165) is 0 Å². The molecule has 0 atom stereocenters. The SMILES string of the molecule is COc1ccc(C(N)=O)cc1NC(=O)CN=[N+]=[N-]. The van der Waals surface area contributed by atoms with Crippen LogP contribution in [0.1, 0.15) is 10.4 Å². The Balaban J connectivity index is 2.97. The first-order valence-corrected chi connectivity index (χ1v) is 4.87. The molecule has 0 fully saturated rings. The molecule has 0 aliphatic heterocycles. The number of methoxy groups -OCH3 is 1. The number of amides is 2. The number of nitrogens with zero attached hydrogens (tertiary/aromatic N) is 3. The highest BCUT2D eigenvalue weighted by Crippen LogP contribution is 2.25. The summed E-state index contributed by atoms with van der Waals surface area (Å²) < 4.78 is 5.02. The van der Waals surface area contributed by atoms with E-state index in [1.807, 2.05) is 0 Å². The van der Waals surface area contributed by atoms with Crippen molar-refractivity contribution in [3.05, 3.63) is 34.2 Å². The first kappa shape index (κ1) is 13.3. The summed E-state index contributed by atoms with van der Waals surface area (Å²) in [5.41, 5.74) is 13.7. The standard InChI is InChI=1S/C10H11N5O3/c1-18-8-3-2-6(10(11)17)4-7(8)14-9(16)5-13-15-12/h2-4H,5H2,1H3,(H2,11,17)(H,14,16). The van der Waals surface area contributed by atoms with Crippen LogP contribution in [0.25, 0.3) is 10.4 Å². The van der Waals surface area contributed by atoms with Crippen molar-refractivity contribution in [3.8, 4) is 5.75 Å². The number of nitrogens with one attached hydrogen (secondary N) is 1. The maximum atomic E-state index is 11.4. The quantitative estimate of drug-likeness (QED) is 0.459. The molecule has 1 aromatic carbocycles. The van der Waals surface area contributed by atoms with E-state index in [4.69, 9.17) is 16.0 Å². The fraction of sp³-hybridized carbons (Fsp3) is 0.200. The maximum absolute atomic E-state index is 11.4. The molecule has 1 rings (SSSR count). The van der Waals surface area contributed by atoms with Gasteiger partial charge < -0.3 is 15.8 Å². The van der Waals surface area contributed by atoms with E-state index in [1.165, 1.54) is 25.3 Å². The number of nitrogens with two attached hydrogens (primary N) is 1. The number of hydrogen-bond donors (Lipinski definition) is 2. The first-order chi connectivity index (χ1) is 8.58. The van der Waals surface area contributed by atoms with Crippen molar-refractivity contribution < 1.29 is 14.3 Å². The Morgan fingerprint density at radius 1 is 1.56 bits per heavy atom. The number of carbonyl (C=O) groups excluding carboxylic acids is 2. The number of carbonyl (C=O) groups is 2. The van der Waals surface area contributed by atoms with Crippen LogP contribution >= 0.6 is 0 Å². The fourth-order valence-corrected chi connectivity index (χ4v) is 1.24. The third kappa shape index (κ3) is 3.39. The largest absolute Gasteiger partial charge is 0.495 e. The smallest absolute Gasteiger partial charge is 0.248 e. The summed E-state index contributed by atoms with van der Waals surface area (Å²) in [5.74, 6) is -0.773. The average molecular weight is 249 g/mol. The van der Waals surface area contributed by atoms with Gasteiger partial charge in [0.2, 0.25) is 11.8 Å². The molecular weight excluding hydrogens is 238 g/mol. The Kier molecular flexibility index (Phi) is 4.53. The molecule has 0 aliphatic carbocycles. The van der Waals surface area contributed by atoms with Crippen molar-refractivity contribution in [2.24, 2.45) is 10.8 Å². The van der Waals surface area contributed by atoms with E-state index in [9.17, 15) is 9.59 Å². The summed E-state index contributed by atoms with van der Waals surface area (Å²) in [4.78, 5) is 24.9. The molecule has 8 nitrogen and oxygen atoms in total. The highest BCUT2D eigenvalue weighted by molar-refractivity contribution is 5.98. The van der Waals surface area contributed by atoms with Gasteiger partial charge in [-0.3, -0.25) is 9.59 Å². The highest BCUT2D eigenvalue weighted by atomic mass is 16.5. The monoisotopic (exact) mass is 249 g/mol. The number of ether oxygens (including phenoxy) is 1. The first-order valence-electron chi connectivity index (χ1n) is 4.87. The van der Waals surface area contributed by atoms with Crippen LogP contribution in [0.3, 0.4) is 0 Å². The van der Waals surface area contributed by atoms with Crippen molar-refractivity contribution in [1.82, 2.24) is 0 Å². The Bertz CT molecular complexity index is 522. The normalized spacial score (nSPS) is 9.17. The molecule has 0 bridgehead atoms.